The lowest BCUT2D eigenvalue weighted by Gasteiger charge is -2.18. The maximum atomic E-state index is 11.3. The van der Waals surface area contributed by atoms with Crippen molar-refractivity contribution >= 4 is 17.4 Å². The summed E-state index contributed by atoms with van der Waals surface area (Å²) in [6.07, 6.45) is 0. The number of hydrogen-bond donors (Lipinski definition) is 1. The van der Waals surface area contributed by atoms with Crippen LogP contribution >= 0.6 is 11.3 Å². The lowest BCUT2D eigenvalue weighted by atomic mass is 10.1. The third-order valence-electron chi connectivity index (χ3n) is 2.47. The van der Waals surface area contributed by atoms with Crippen molar-refractivity contribution in [3.63, 3.8) is 0 Å². The highest BCUT2D eigenvalue weighted by molar-refractivity contribution is 7.09. The molecule has 6 heteroatoms. The van der Waals surface area contributed by atoms with Gasteiger partial charge in [0.15, 0.2) is 0 Å². The monoisotopic (exact) mass is 197 g/mol. The summed E-state index contributed by atoms with van der Waals surface area (Å²) in [6, 6.07) is -0.501. The average Bonchev–Trinajstić information content (AvgIpc) is 2.68. The third-order valence-corrected chi connectivity index (χ3v) is 3.44. The first-order valence-electron chi connectivity index (χ1n) is 3.96. The van der Waals surface area contributed by atoms with E-state index < -0.39 is 0 Å². The summed E-state index contributed by atoms with van der Waals surface area (Å²) < 4.78 is 0. The minimum atomic E-state index is -0.310. The van der Waals surface area contributed by atoms with Gasteiger partial charge in [-0.25, -0.2) is 9.78 Å². The highest BCUT2D eigenvalue weighted by Gasteiger charge is 2.43. The molecule has 68 valence electrons. The topological polar surface area (TPSA) is 56.7 Å². The van der Waals surface area contributed by atoms with Gasteiger partial charge in [0.2, 0.25) is 0 Å². The predicted molar refractivity (Wildman–Crippen MR) is 44.3 cm³/mol. The summed E-state index contributed by atoms with van der Waals surface area (Å²) in [5, 5.41) is 10.3. The SMILES string of the molecule is O=C1N2Cc3ncsc3C(C2)N1O. The quantitative estimate of drug-likeness (QED) is 0.626. The maximum absolute atomic E-state index is 11.3. The Kier molecular flexibility index (Phi) is 1.24. The molecule has 1 atom stereocenters. The summed E-state index contributed by atoms with van der Waals surface area (Å²) in [5.74, 6) is 0. The van der Waals surface area contributed by atoms with Crippen LogP contribution in [0.1, 0.15) is 16.6 Å². The number of nitrogens with zero attached hydrogens (tertiary/aromatic N) is 3. The molecule has 2 amide bonds. The zero-order valence-corrected chi connectivity index (χ0v) is 7.49. The molecule has 0 saturated carbocycles. The Bertz CT molecular complexity index is 374. The van der Waals surface area contributed by atoms with Crippen molar-refractivity contribution in [2.24, 2.45) is 0 Å². The molecule has 0 aliphatic carbocycles. The van der Waals surface area contributed by atoms with Gasteiger partial charge in [-0.1, -0.05) is 0 Å². The Hall–Kier alpha value is -1.14. The van der Waals surface area contributed by atoms with Crippen LogP contribution in [0, 0.1) is 0 Å². The lowest BCUT2D eigenvalue weighted by Crippen LogP contribution is -2.28. The van der Waals surface area contributed by atoms with Gasteiger partial charge >= 0.3 is 6.03 Å². The molecule has 5 nitrogen and oxygen atoms in total. The van der Waals surface area contributed by atoms with Crippen molar-refractivity contribution in [3.8, 4) is 0 Å². The van der Waals surface area contributed by atoms with Crippen molar-refractivity contribution in [3.05, 3.63) is 16.1 Å². The normalized spacial score (nSPS) is 25.3. The number of aromatic nitrogens is 1. The van der Waals surface area contributed by atoms with Gasteiger partial charge in [0.1, 0.15) is 6.04 Å². The van der Waals surface area contributed by atoms with Crippen molar-refractivity contribution in [2.75, 3.05) is 6.54 Å². The molecule has 1 fully saturated rings. The van der Waals surface area contributed by atoms with Gasteiger partial charge in [-0.15, -0.1) is 11.3 Å². The van der Waals surface area contributed by atoms with E-state index in [1.807, 2.05) is 0 Å². The number of carbonyl (C=O) groups excluding carboxylic acids is 1. The largest absolute Gasteiger partial charge is 0.344 e. The summed E-state index contributed by atoms with van der Waals surface area (Å²) >= 11 is 1.50. The van der Waals surface area contributed by atoms with Gasteiger partial charge in [0, 0.05) is 0 Å². The van der Waals surface area contributed by atoms with E-state index in [9.17, 15) is 10.0 Å². The number of urea groups is 1. The van der Waals surface area contributed by atoms with Crippen LogP contribution in [0.5, 0.6) is 0 Å². The molecule has 1 N–H and O–H groups in total. The molecule has 3 rings (SSSR count). The molecular formula is C7H7N3O2S. The Morgan fingerprint density at radius 2 is 2.54 bits per heavy atom. The smallest absolute Gasteiger partial charge is 0.314 e. The van der Waals surface area contributed by atoms with E-state index in [-0.39, 0.29) is 12.1 Å². The summed E-state index contributed by atoms with van der Waals surface area (Å²) in [7, 11) is 0. The number of thiazole rings is 1. The molecule has 1 aromatic rings. The molecule has 0 aromatic carbocycles. The lowest BCUT2D eigenvalue weighted by molar-refractivity contribution is -0.0577. The molecular weight excluding hydrogens is 190 g/mol. The van der Waals surface area contributed by atoms with Gasteiger partial charge < -0.3 is 4.90 Å². The fourth-order valence-electron chi connectivity index (χ4n) is 1.82. The Labute approximate surface area is 78.2 Å². The molecule has 13 heavy (non-hydrogen) atoms. The maximum Gasteiger partial charge on any atom is 0.344 e. The van der Waals surface area contributed by atoms with E-state index in [1.165, 1.54) is 11.3 Å². The van der Waals surface area contributed by atoms with Gasteiger partial charge in [0.05, 0.1) is 29.2 Å². The van der Waals surface area contributed by atoms with Gasteiger partial charge in [-0.3, -0.25) is 5.21 Å². The van der Waals surface area contributed by atoms with Gasteiger partial charge in [-0.05, 0) is 0 Å². The van der Waals surface area contributed by atoms with Gasteiger partial charge in [-0.2, -0.15) is 5.06 Å². The molecule has 0 radical (unpaired) electrons. The number of rotatable bonds is 0. The standard InChI is InChI=1S/C7H7N3O2S/c11-7-9-1-4-6(13-3-8-4)5(2-9)10(7)12/h3,5,12H,1-2H2. The van der Waals surface area contributed by atoms with Crippen LogP contribution in [0.15, 0.2) is 5.51 Å². The van der Waals surface area contributed by atoms with Crippen LogP contribution in [-0.4, -0.2) is 32.7 Å². The molecule has 3 heterocycles. The minimum absolute atomic E-state index is 0.191. The predicted octanol–water partition coefficient (Wildman–Crippen LogP) is 0.825. The van der Waals surface area contributed by atoms with Crippen LogP contribution in [0.2, 0.25) is 0 Å². The summed E-state index contributed by atoms with van der Waals surface area (Å²) in [6.45, 7) is 1.12. The number of fused-ring (bicyclic) bond motifs is 4. The number of hydrogen-bond acceptors (Lipinski definition) is 4. The Morgan fingerprint density at radius 1 is 1.69 bits per heavy atom. The molecule has 1 saturated heterocycles. The Balaban J connectivity index is 2.13. The molecule has 0 spiro atoms. The van der Waals surface area contributed by atoms with E-state index in [4.69, 9.17) is 0 Å². The van der Waals surface area contributed by atoms with Crippen LogP contribution in [0.3, 0.4) is 0 Å². The van der Waals surface area contributed by atoms with Crippen molar-refractivity contribution < 1.29 is 10.0 Å². The first kappa shape index (κ1) is 7.28. The van der Waals surface area contributed by atoms with Gasteiger partial charge in [0.25, 0.3) is 0 Å². The van der Waals surface area contributed by atoms with E-state index in [2.05, 4.69) is 4.98 Å². The van der Waals surface area contributed by atoms with Crippen LogP contribution in [-0.2, 0) is 6.54 Å². The molecule has 2 bridgehead atoms. The van der Waals surface area contributed by atoms with Crippen LogP contribution < -0.4 is 0 Å². The number of carbonyl (C=O) groups is 1. The van der Waals surface area contributed by atoms with E-state index in [1.54, 1.807) is 10.4 Å². The summed E-state index contributed by atoms with van der Waals surface area (Å²) in [5.41, 5.74) is 2.68. The second kappa shape index (κ2) is 2.21. The molecule has 1 aromatic heterocycles. The zero-order valence-electron chi connectivity index (χ0n) is 6.67. The summed E-state index contributed by atoms with van der Waals surface area (Å²) in [4.78, 5) is 18.1. The minimum Gasteiger partial charge on any atom is -0.314 e. The van der Waals surface area contributed by atoms with Crippen molar-refractivity contribution in [1.29, 1.82) is 0 Å². The number of hydroxylamine groups is 2. The zero-order chi connectivity index (χ0) is 9.00. The highest BCUT2D eigenvalue weighted by atomic mass is 32.1. The third kappa shape index (κ3) is 0.790. The Morgan fingerprint density at radius 3 is 3.38 bits per heavy atom. The van der Waals surface area contributed by atoms with Crippen molar-refractivity contribution in [1.82, 2.24) is 14.9 Å². The second-order valence-electron chi connectivity index (χ2n) is 3.19. The molecule has 2 aliphatic rings. The highest BCUT2D eigenvalue weighted by Crippen LogP contribution is 2.37. The first-order chi connectivity index (χ1) is 6.27. The molecule has 2 aliphatic heterocycles. The van der Waals surface area contributed by atoms with E-state index >= 15 is 0 Å². The first-order valence-corrected chi connectivity index (χ1v) is 4.84. The van der Waals surface area contributed by atoms with Crippen LogP contribution in [0.25, 0.3) is 0 Å². The fourth-order valence-corrected chi connectivity index (χ4v) is 2.70. The average molecular weight is 197 g/mol. The van der Waals surface area contributed by atoms with Crippen LogP contribution in [0.4, 0.5) is 4.79 Å². The number of amides is 2. The van der Waals surface area contributed by atoms with E-state index in [0.29, 0.717) is 13.1 Å². The second-order valence-corrected chi connectivity index (χ2v) is 4.07. The fraction of sp³-hybridized carbons (Fsp3) is 0.429. The molecule has 1 unspecified atom stereocenters. The van der Waals surface area contributed by atoms with Crippen molar-refractivity contribution in [2.45, 2.75) is 12.6 Å². The van der Waals surface area contributed by atoms with E-state index in [0.717, 1.165) is 15.6 Å².